The number of halogens is 1. The average molecular weight is 269 g/mol. The van der Waals surface area contributed by atoms with Gasteiger partial charge in [-0.1, -0.05) is 11.6 Å². The predicted molar refractivity (Wildman–Crippen MR) is 66.6 cm³/mol. The Morgan fingerprint density at radius 3 is 3.00 bits per heavy atom. The number of nitrogens with one attached hydrogen (secondary N) is 2. The molecule has 1 saturated heterocycles. The highest BCUT2D eigenvalue weighted by Crippen LogP contribution is 2.21. The van der Waals surface area contributed by atoms with Gasteiger partial charge >= 0.3 is 0 Å². The molecule has 18 heavy (non-hydrogen) atoms. The minimum atomic E-state index is -0.364. The third-order valence-corrected chi connectivity index (χ3v) is 3.12. The summed E-state index contributed by atoms with van der Waals surface area (Å²) in [7, 11) is 0. The molecule has 1 aliphatic rings. The van der Waals surface area contributed by atoms with E-state index in [1.54, 1.807) is 0 Å². The molecule has 2 amide bonds. The van der Waals surface area contributed by atoms with E-state index >= 15 is 0 Å². The molecule has 0 saturated carbocycles. The molecule has 1 unspecified atom stereocenters. The first kappa shape index (κ1) is 12.7. The Hall–Kier alpha value is -1.75. The number of benzene rings is 1. The largest absolute Gasteiger partial charge is 0.508 e. The van der Waals surface area contributed by atoms with Gasteiger partial charge in [0.05, 0.1) is 10.6 Å². The second-order valence-corrected chi connectivity index (χ2v) is 4.58. The highest BCUT2D eigenvalue weighted by molar-refractivity contribution is 6.33. The standard InChI is InChI=1S/C12H13ClN2O3/c13-10-3-2-8(16)5-9(10)12(18)14-6-7-1-4-11(17)15-7/h2-3,5,7,16H,1,4,6H2,(H,14,18)(H,15,17). The van der Waals surface area contributed by atoms with Gasteiger partial charge in [-0.3, -0.25) is 9.59 Å². The van der Waals surface area contributed by atoms with Crippen molar-refractivity contribution >= 4 is 23.4 Å². The monoisotopic (exact) mass is 268 g/mol. The van der Waals surface area contributed by atoms with Crippen LogP contribution in [-0.4, -0.2) is 29.5 Å². The third kappa shape index (κ3) is 2.92. The smallest absolute Gasteiger partial charge is 0.253 e. The van der Waals surface area contributed by atoms with Gasteiger partial charge < -0.3 is 15.7 Å². The Labute approximate surface area is 109 Å². The summed E-state index contributed by atoms with van der Waals surface area (Å²) in [6.07, 6.45) is 1.21. The molecule has 1 aliphatic heterocycles. The lowest BCUT2D eigenvalue weighted by molar-refractivity contribution is -0.119. The Morgan fingerprint density at radius 2 is 2.33 bits per heavy atom. The van der Waals surface area contributed by atoms with Crippen LogP contribution in [0.25, 0.3) is 0 Å². The van der Waals surface area contributed by atoms with Gasteiger partial charge in [0.15, 0.2) is 0 Å². The second-order valence-electron chi connectivity index (χ2n) is 4.18. The van der Waals surface area contributed by atoms with Crippen molar-refractivity contribution in [1.82, 2.24) is 10.6 Å². The Morgan fingerprint density at radius 1 is 1.56 bits per heavy atom. The summed E-state index contributed by atoms with van der Waals surface area (Å²) in [5.41, 5.74) is 0.223. The summed E-state index contributed by atoms with van der Waals surface area (Å²) >= 11 is 5.87. The number of hydrogen-bond donors (Lipinski definition) is 3. The zero-order valence-electron chi connectivity index (χ0n) is 9.57. The van der Waals surface area contributed by atoms with Crippen molar-refractivity contribution in [2.24, 2.45) is 0 Å². The lowest BCUT2D eigenvalue weighted by Gasteiger charge is -2.12. The number of aromatic hydroxyl groups is 1. The van der Waals surface area contributed by atoms with Crippen LogP contribution in [0.4, 0.5) is 0 Å². The van der Waals surface area contributed by atoms with Crippen molar-refractivity contribution in [1.29, 1.82) is 0 Å². The molecule has 0 radical (unpaired) electrons. The van der Waals surface area contributed by atoms with Crippen LogP contribution < -0.4 is 10.6 Å². The maximum absolute atomic E-state index is 11.8. The first-order valence-corrected chi connectivity index (χ1v) is 6.00. The summed E-state index contributed by atoms with van der Waals surface area (Å²) in [6, 6.07) is 4.15. The molecule has 0 spiro atoms. The number of carbonyl (C=O) groups is 2. The van der Waals surface area contributed by atoms with E-state index in [9.17, 15) is 14.7 Å². The van der Waals surface area contributed by atoms with Crippen LogP contribution in [0.2, 0.25) is 5.02 Å². The molecule has 5 nitrogen and oxygen atoms in total. The van der Waals surface area contributed by atoms with Gasteiger partial charge in [-0.05, 0) is 24.6 Å². The first-order chi connectivity index (χ1) is 8.56. The predicted octanol–water partition coefficient (Wildman–Crippen LogP) is 1.05. The van der Waals surface area contributed by atoms with Crippen LogP contribution in [0, 0.1) is 0 Å². The van der Waals surface area contributed by atoms with Gasteiger partial charge in [0.25, 0.3) is 5.91 Å². The summed E-state index contributed by atoms with van der Waals surface area (Å²) in [5, 5.41) is 15.0. The molecule has 3 N–H and O–H groups in total. The summed E-state index contributed by atoms with van der Waals surface area (Å²) in [5.74, 6) is -0.375. The Bertz CT molecular complexity index is 490. The van der Waals surface area contributed by atoms with E-state index < -0.39 is 0 Å². The van der Waals surface area contributed by atoms with Crippen molar-refractivity contribution in [3.63, 3.8) is 0 Å². The zero-order chi connectivity index (χ0) is 13.1. The van der Waals surface area contributed by atoms with Crippen molar-refractivity contribution in [3.8, 4) is 5.75 Å². The van der Waals surface area contributed by atoms with Crippen molar-refractivity contribution in [2.75, 3.05) is 6.54 Å². The molecule has 6 heteroatoms. The Balaban J connectivity index is 1.95. The highest BCUT2D eigenvalue weighted by atomic mass is 35.5. The van der Waals surface area contributed by atoms with Crippen molar-refractivity contribution in [2.45, 2.75) is 18.9 Å². The fourth-order valence-electron chi connectivity index (χ4n) is 1.83. The average Bonchev–Trinajstić information content (AvgIpc) is 2.75. The van der Waals surface area contributed by atoms with Crippen LogP contribution in [0.15, 0.2) is 18.2 Å². The maximum Gasteiger partial charge on any atom is 0.253 e. The van der Waals surface area contributed by atoms with Crippen LogP contribution in [0.1, 0.15) is 23.2 Å². The summed E-state index contributed by atoms with van der Waals surface area (Å²) in [4.78, 5) is 22.8. The number of hydrogen-bond acceptors (Lipinski definition) is 3. The topological polar surface area (TPSA) is 78.4 Å². The zero-order valence-corrected chi connectivity index (χ0v) is 10.3. The molecule has 1 fully saturated rings. The van der Waals surface area contributed by atoms with Gasteiger partial charge in [0, 0.05) is 19.0 Å². The van der Waals surface area contributed by atoms with E-state index in [1.165, 1.54) is 18.2 Å². The van der Waals surface area contributed by atoms with E-state index in [0.29, 0.717) is 19.4 Å². The lowest BCUT2D eigenvalue weighted by atomic mass is 10.2. The van der Waals surface area contributed by atoms with Gasteiger partial charge in [0.1, 0.15) is 5.75 Å². The van der Waals surface area contributed by atoms with Gasteiger partial charge in [-0.2, -0.15) is 0 Å². The molecule has 1 heterocycles. The quantitative estimate of drug-likeness (QED) is 0.767. The normalized spacial score (nSPS) is 18.5. The molecule has 1 aromatic carbocycles. The fourth-order valence-corrected chi connectivity index (χ4v) is 2.03. The molecule has 96 valence electrons. The fraction of sp³-hybridized carbons (Fsp3) is 0.333. The number of rotatable bonds is 3. The van der Waals surface area contributed by atoms with Crippen LogP contribution in [0.3, 0.4) is 0 Å². The molecule has 1 aromatic rings. The number of phenols is 1. The Kier molecular flexibility index (Phi) is 3.72. The van der Waals surface area contributed by atoms with Gasteiger partial charge in [-0.25, -0.2) is 0 Å². The lowest BCUT2D eigenvalue weighted by Crippen LogP contribution is -2.38. The first-order valence-electron chi connectivity index (χ1n) is 5.62. The van der Waals surface area contributed by atoms with E-state index in [4.69, 9.17) is 11.6 Å². The molecule has 0 aromatic heterocycles. The van der Waals surface area contributed by atoms with Crippen LogP contribution in [0.5, 0.6) is 5.75 Å². The molecule has 0 aliphatic carbocycles. The third-order valence-electron chi connectivity index (χ3n) is 2.79. The van der Waals surface area contributed by atoms with E-state index in [0.717, 1.165) is 0 Å². The van der Waals surface area contributed by atoms with Gasteiger partial charge in [0.2, 0.25) is 5.91 Å². The van der Waals surface area contributed by atoms with Crippen LogP contribution >= 0.6 is 11.6 Å². The second kappa shape index (κ2) is 5.27. The molecular formula is C12H13ClN2O3. The van der Waals surface area contributed by atoms with Crippen LogP contribution in [-0.2, 0) is 4.79 Å². The van der Waals surface area contributed by atoms with E-state index in [-0.39, 0.29) is 34.2 Å². The summed E-state index contributed by atoms with van der Waals surface area (Å²) < 4.78 is 0. The summed E-state index contributed by atoms with van der Waals surface area (Å²) in [6.45, 7) is 0.358. The van der Waals surface area contributed by atoms with Crippen molar-refractivity contribution < 1.29 is 14.7 Å². The minimum absolute atomic E-state index is 0.00429. The molecular weight excluding hydrogens is 256 g/mol. The number of phenolic OH excluding ortho intramolecular Hbond substituents is 1. The molecule has 0 bridgehead atoms. The number of carbonyl (C=O) groups excluding carboxylic acids is 2. The SMILES string of the molecule is O=C1CCC(CNC(=O)c2cc(O)ccc2Cl)N1. The number of amides is 2. The minimum Gasteiger partial charge on any atom is -0.508 e. The van der Waals surface area contributed by atoms with E-state index in [1.807, 2.05) is 0 Å². The molecule has 1 atom stereocenters. The van der Waals surface area contributed by atoms with Crippen molar-refractivity contribution in [3.05, 3.63) is 28.8 Å². The highest BCUT2D eigenvalue weighted by Gasteiger charge is 2.21. The van der Waals surface area contributed by atoms with Gasteiger partial charge in [-0.15, -0.1) is 0 Å². The van der Waals surface area contributed by atoms with E-state index in [2.05, 4.69) is 10.6 Å². The maximum atomic E-state index is 11.8. The molecule has 2 rings (SSSR count).